The summed E-state index contributed by atoms with van der Waals surface area (Å²) in [7, 11) is 0. The minimum absolute atomic E-state index is 0.0741. The largest absolute Gasteiger partial charge is 0.452 e. The number of ether oxygens (including phenoxy) is 1. The molecule has 0 bridgehead atoms. The van der Waals surface area contributed by atoms with Crippen LogP contribution in [0, 0.1) is 19.7 Å². The number of benzene rings is 2. The van der Waals surface area contributed by atoms with Crippen molar-refractivity contribution < 1.29 is 18.7 Å². The van der Waals surface area contributed by atoms with Gasteiger partial charge >= 0.3 is 5.97 Å². The second-order valence-electron chi connectivity index (χ2n) is 5.72. The number of rotatable bonds is 5. The van der Waals surface area contributed by atoms with E-state index < -0.39 is 24.3 Å². The van der Waals surface area contributed by atoms with Gasteiger partial charge in [0.2, 0.25) is 0 Å². The second kappa shape index (κ2) is 7.73. The van der Waals surface area contributed by atoms with Crippen molar-refractivity contribution in [3.63, 3.8) is 0 Å². The number of carbonyl (C=O) groups is 2. The second-order valence-corrected chi connectivity index (χ2v) is 5.72. The summed E-state index contributed by atoms with van der Waals surface area (Å²) in [6, 6.07) is 10.9. The molecule has 1 amide bonds. The molecule has 1 N–H and O–H groups in total. The fourth-order valence-electron chi connectivity index (χ4n) is 2.23. The van der Waals surface area contributed by atoms with Crippen molar-refractivity contribution in [3.8, 4) is 0 Å². The van der Waals surface area contributed by atoms with Crippen molar-refractivity contribution in [1.82, 2.24) is 5.32 Å². The average molecular weight is 329 g/mol. The number of aryl methyl sites for hydroxylation is 2. The summed E-state index contributed by atoms with van der Waals surface area (Å²) in [5.74, 6) is -1.67. The van der Waals surface area contributed by atoms with E-state index in [9.17, 15) is 14.0 Å². The average Bonchev–Trinajstić information content (AvgIpc) is 2.55. The van der Waals surface area contributed by atoms with E-state index in [0.29, 0.717) is 0 Å². The molecule has 126 valence electrons. The maximum absolute atomic E-state index is 13.1. The Morgan fingerprint density at radius 3 is 2.54 bits per heavy atom. The van der Waals surface area contributed by atoms with Gasteiger partial charge in [0.1, 0.15) is 5.82 Å². The smallest absolute Gasteiger partial charge is 0.338 e. The predicted molar refractivity (Wildman–Crippen MR) is 89.2 cm³/mol. The highest BCUT2D eigenvalue weighted by atomic mass is 19.1. The monoisotopic (exact) mass is 329 g/mol. The van der Waals surface area contributed by atoms with Gasteiger partial charge in [0.15, 0.2) is 6.61 Å². The van der Waals surface area contributed by atoms with Gasteiger partial charge in [0.05, 0.1) is 11.6 Å². The summed E-state index contributed by atoms with van der Waals surface area (Å²) in [6.07, 6.45) is 0. The first-order valence-corrected chi connectivity index (χ1v) is 7.66. The number of hydrogen-bond acceptors (Lipinski definition) is 3. The number of carbonyl (C=O) groups excluding carboxylic acids is 2. The molecule has 0 radical (unpaired) electrons. The van der Waals surface area contributed by atoms with Crippen LogP contribution in [0.1, 0.15) is 40.0 Å². The zero-order valence-electron chi connectivity index (χ0n) is 13.9. The minimum atomic E-state index is -0.733. The fraction of sp³-hybridized carbons (Fsp3) is 0.263. The summed E-state index contributed by atoms with van der Waals surface area (Å²) < 4.78 is 18.0. The topological polar surface area (TPSA) is 55.4 Å². The molecule has 4 nitrogen and oxygen atoms in total. The number of nitrogens with one attached hydrogen (secondary N) is 1. The van der Waals surface area contributed by atoms with Crippen molar-refractivity contribution in [1.29, 1.82) is 0 Å². The third kappa shape index (κ3) is 4.65. The first-order chi connectivity index (χ1) is 11.4. The van der Waals surface area contributed by atoms with Gasteiger partial charge in [-0.15, -0.1) is 0 Å². The van der Waals surface area contributed by atoms with Crippen LogP contribution in [-0.4, -0.2) is 18.5 Å². The molecule has 0 saturated heterocycles. The van der Waals surface area contributed by atoms with Crippen LogP contribution in [0.2, 0.25) is 0 Å². The van der Waals surface area contributed by atoms with Crippen LogP contribution in [0.4, 0.5) is 4.39 Å². The lowest BCUT2D eigenvalue weighted by Crippen LogP contribution is -2.31. The Morgan fingerprint density at radius 2 is 1.88 bits per heavy atom. The molecule has 1 atom stereocenters. The normalized spacial score (nSPS) is 11.7. The van der Waals surface area contributed by atoms with Crippen molar-refractivity contribution in [2.24, 2.45) is 0 Å². The molecule has 5 heteroatoms. The molecule has 2 aromatic carbocycles. The van der Waals surface area contributed by atoms with E-state index in [1.165, 1.54) is 23.8 Å². The van der Waals surface area contributed by atoms with Gasteiger partial charge < -0.3 is 10.1 Å². The van der Waals surface area contributed by atoms with Gasteiger partial charge in [-0.05, 0) is 55.7 Å². The van der Waals surface area contributed by atoms with Crippen LogP contribution >= 0.6 is 0 Å². The Balaban J connectivity index is 1.88. The Bertz CT molecular complexity index is 758. The van der Waals surface area contributed by atoms with Crippen molar-refractivity contribution in [2.45, 2.75) is 26.8 Å². The van der Waals surface area contributed by atoms with E-state index in [4.69, 9.17) is 4.74 Å². The van der Waals surface area contributed by atoms with E-state index in [-0.39, 0.29) is 11.6 Å². The molecule has 2 aromatic rings. The van der Waals surface area contributed by atoms with Gasteiger partial charge in [-0.25, -0.2) is 9.18 Å². The fourth-order valence-corrected chi connectivity index (χ4v) is 2.23. The lowest BCUT2D eigenvalue weighted by atomic mass is 10.0. The SMILES string of the molecule is Cc1ccc([C@@H](C)NC(=O)COC(=O)c2cccc(F)c2)cc1C. The summed E-state index contributed by atoms with van der Waals surface area (Å²) in [5, 5.41) is 2.77. The number of halogens is 1. The van der Waals surface area contributed by atoms with E-state index in [1.807, 2.05) is 39.0 Å². The molecule has 0 aromatic heterocycles. The van der Waals surface area contributed by atoms with Gasteiger partial charge in [0, 0.05) is 0 Å². The molecule has 0 saturated carbocycles. The lowest BCUT2D eigenvalue weighted by Gasteiger charge is -2.15. The summed E-state index contributed by atoms with van der Waals surface area (Å²) in [6.45, 7) is 5.48. The first-order valence-electron chi connectivity index (χ1n) is 7.66. The maximum atomic E-state index is 13.1. The molecule has 0 unspecified atom stereocenters. The number of hydrogen-bond donors (Lipinski definition) is 1. The summed E-state index contributed by atoms with van der Waals surface area (Å²) in [4.78, 5) is 23.7. The van der Waals surface area contributed by atoms with Gasteiger partial charge in [-0.2, -0.15) is 0 Å². The summed E-state index contributed by atoms with van der Waals surface area (Å²) in [5.41, 5.74) is 3.38. The zero-order valence-corrected chi connectivity index (χ0v) is 13.9. The zero-order chi connectivity index (χ0) is 17.7. The quantitative estimate of drug-likeness (QED) is 0.855. The molecular weight excluding hydrogens is 309 g/mol. The molecule has 0 aliphatic heterocycles. The third-order valence-corrected chi connectivity index (χ3v) is 3.80. The molecule has 0 aliphatic carbocycles. The Labute approximate surface area is 140 Å². The predicted octanol–water partition coefficient (Wildman–Crippen LogP) is 3.48. The van der Waals surface area contributed by atoms with E-state index in [2.05, 4.69) is 5.32 Å². The molecular formula is C19H20FNO3. The standard InChI is InChI=1S/C19H20FNO3/c1-12-7-8-15(9-13(12)2)14(3)21-18(22)11-24-19(23)16-5-4-6-17(20)10-16/h4-10,14H,11H2,1-3H3,(H,21,22)/t14-/m1/s1. The maximum Gasteiger partial charge on any atom is 0.338 e. The van der Waals surface area contributed by atoms with Crippen molar-refractivity contribution in [3.05, 3.63) is 70.5 Å². The Hall–Kier alpha value is -2.69. The third-order valence-electron chi connectivity index (χ3n) is 3.80. The van der Waals surface area contributed by atoms with E-state index in [1.54, 1.807) is 0 Å². The molecule has 24 heavy (non-hydrogen) atoms. The Morgan fingerprint density at radius 1 is 1.12 bits per heavy atom. The molecule has 0 aliphatic rings. The van der Waals surface area contributed by atoms with Gasteiger partial charge in [-0.1, -0.05) is 24.3 Å². The first kappa shape index (κ1) is 17.7. The van der Waals surface area contributed by atoms with Crippen LogP contribution in [0.15, 0.2) is 42.5 Å². The molecule has 0 heterocycles. The number of amides is 1. The van der Waals surface area contributed by atoms with E-state index >= 15 is 0 Å². The number of esters is 1. The highest BCUT2D eigenvalue weighted by molar-refractivity contribution is 5.91. The summed E-state index contributed by atoms with van der Waals surface area (Å²) >= 11 is 0. The van der Waals surface area contributed by atoms with Gasteiger partial charge in [-0.3, -0.25) is 4.79 Å². The highest BCUT2D eigenvalue weighted by Gasteiger charge is 2.14. The Kier molecular flexibility index (Phi) is 5.68. The van der Waals surface area contributed by atoms with Crippen molar-refractivity contribution >= 4 is 11.9 Å². The van der Waals surface area contributed by atoms with Crippen LogP contribution in [0.25, 0.3) is 0 Å². The van der Waals surface area contributed by atoms with Crippen LogP contribution < -0.4 is 5.32 Å². The molecule has 0 fully saturated rings. The molecule has 2 rings (SSSR count). The van der Waals surface area contributed by atoms with Gasteiger partial charge in [0.25, 0.3) is 5.91 Å². The van der Waals surface area contributed by atoms with Crippen molar-refractivity contribution in [2.75, 3.05) is 6.61 Å². The minimum Gasteiger partial charge on any atom is -0.452 e. The van der Waals surface area contributed by atoms with Crippen LogP contribution in [0.3, 0.4) is 0 Å². The van der Waals surface area contributed by atoms with E-state index in [0.717, 1.165) is 17.2 Å². The highest BCUT2D eigenvalue weighted by Crippen LogP contribution is 2.16. The molecule has 0 spiro atoms. The van der Waals surface area contributed by atoms with Crippen LogP contribution in [0.5, 0.6) is 0 Å². The lowest BCUT2D eigenvalue weighted by molar-refractivity contribution is -0.124. The van der Waals surface area contributed by atoms with Crippen LogP contribution in [-0.2, 0) is 9.53 Å².